The summed E-state index contributed by atoms with van der Waals surface area (Å²) in [5, 5.41) is 8.83. The molecule has 1 aromatic carbocycles. The summed E-state index contributed by atoms with van der Waals surface area (Å²) < 4.78 is 5.60. The fourth-order valence-electron chi connectivity index (χ4n) is 3.11. The van der Waals surface area contributed by atoms with Gasteiger partial charge in [-0.2, -0.15) is 0 Å². The lowest BCUT2D eigenvalue weighted by atomic mass is 10.0. The van der Waals surface area contributed by atoms with E-state index in [0.717, 1.165) is 6.42 Å². The average Bonchev–Trinajstić information content (AvgIpc) is 2.65. The zero-order valence-electron chi connectivity index (χ0n) is 16.6. The number of aromatic carboxylic acids is 1. The number of ether oxygens (including phenoxy) is 1. The van der Waals surface area contributed by atoms with Crippen LogP contribution in [0.2, 0.25) is 0 Å². The first-order valence-electron chi connectivity index (χ1n) is 10.6. The summed E-state index contributed by atoms with van der Waals surface area (Å²) in [7, 11) is 0. The zero-order chi connectivity index (χ0) is 18.9. The number of carboxylic acid groups (broad SMARTS) is 1. The van der Waals surface area contributed by atoms with Crippen LogP contribution in [-0.4, -0.2) is 17.7 Å². The van der Waals surface area contributed by atoms with Gasteiger partial charge in [0.05, 0.1) is 12.2 Å². The van der Waals surface area contributed by atoms with Gasteiger partial charge in [0.25, 0.3) is 0 Å². The van der Waals surface area contributed by atoms with Gasteiger partial charge in [-0.3, -0.25) is 0 Å². The third-order valence-electron chi connectivity index (χ3n) is 4.79. The van der Waals surface area contributed by atoms with Crippen LogP contribution in [-0.2, 0) is 0 Å². The van der Waals surface area contributed by atoms with E-state index in [1.807, 2.05) is 0 Å². The van der Waals surface area contributed by atoms with E-state index in [0.29, 0.717) is 12.4 Å². The summed E-state index contributed by atoms with van der Waals surface area (Å²) in [5.74, 6) is -0.301. The molecule has 0 bridgehead atoms. The second kappa shape index (κ2) is 15.7. The quantitative estimate of drug-likeness (QED) is 0.302. The molecule has 0 aliphatic rings. The molecule has 0 amide bonds. The van der Waals surface area contributed by atoms with Crippen molar-refractivity contribution in [3.05, 3.63) is 29.8 Å². The first-order chi connectivity index (χ1) is 12.7. The lowest BCUT2D eigenvalue weighted by Gasteiger charge is -2.06. The van der Waals surface area contributed by atoms with Gasteiger partial charge in [-0.1, -0.05) is 90.4 Å². The van der Waals surface area contributed by atoms with Gasteiger partial charge in [-0.25, -0.2) is 4.79 Å². The van der Waals surface area contributed by atoms with Gasteiger partial charge >= 0.3 is 5.97 Å². The van der Waals surface area contributed by atoms with Crippen molar-refractivity contribution in [2.75, 3.05) is 6.61 Å². The minimum absolute atomic E-state index is 0.244. The zero-order valence-corrected chi connectivity index (χ0v) is 16.6. The van der Waals surface area contributed by atoms with E-state index in [9.17, 15) is 4.79 Å². The van der Waals surface area contributed by atoms with Crippen molar-refractivity contribution in [1.82, 2.24) is 0 Å². The summed E-state index contributed by atoms with van der Waals surface area (Å²) in [5.41, 5.74) is 0.244. The van der Waals surface area contributed by atoms with E-state index in [4.69, 9.17) is 9.84 Å². The first-order valence-corrected chi connectivity index (χ1v) is 10.6. The maximum absolute atomic E-state index is 10.8. The molecule has 1 rings (SSSR count). The number of benzene rings is 1. The Bertz CT molecular complexity index is 453. The molecule has 0 aromatic heterocycles. The van der Waals surface area contributed by atoms with Crippen LogP contribution in [0.3, 0.4) is 0 Å². The molecule has 0 saturated carbocycles. The average molecular weight is 362 g/mol. The van der Waals surface area contributed by atoms with E-state index in [1.165, 1.54) is 89.5 Å². The Morgan fingerprint density at radius 3 is 1.77 bits per heavy atom. The van der Waals surface area contributed by atoms with Crippen molar-refractivity contribution in [2.45, 2.75) is 96.8 Å². The molecule has 0 atom stereocenters. The normalized spacial score (nSPS) is 10.8. The van der Waals surface area contributed by atoms with E-state index < -0.39 is 5.97 Å². The van der Waals surface area contributed by atoms with Crippen molar-refractivity contribution >= 4 is 5.97 Å². The number of unbranched alkanes of at least 4 members (excludes halogenated alkanes) is 13. The van der Waals surface area contributed by atoms with E-state index in [2.05, 4.69) is 13.0 Å². The lowest BCUT2D eigenvalue weighted by Crippen LogP contribution is -1.99. The van der Waals surface area contributed by atoms with Crippen LogP contribution >= 0.6 is 0 Å². The molecule has 0 heterocycles. The molecule has 0 unspecified atom stereocenters. The highest BCUT2D eigenvalue weighted by Crippen LogP contribution is 2.14. The van der Waals surface area contributed by atoms with Crippen molar-refractivity contribution in [2.24, 2.45) is 0 Å². The predicted molar refractivity (Wildman–Crippen MR) is 108 cm³/mol. The van der Waals surface area contributed by atoms with Gasteiger partial charge in [0.15, 0.2) is 0 Å². The fraction of sp³-hybridized carbons (Fsp3) is 0.696. The van der Waals surface area contributed by atoms with Crippen molar-refractivity contribution in [3.63, 3.8) is 0 Å². The minimum Gasteiger partial charge on any atom is -0.493 e. The van der Waals surface area contributed by atoms with Crippen LogP contribution in [0.25, 0.3) is 0 Å². The van der Waals surface area contributed by atoms with Crippen LogP contribution in [0.5, 0.6) is 5.75 Å². The summed E-state index contributed by atoms with van der Waals surface area (Å²) in [6, 6.07) is 7.55. The number of hydrogen-bond acceptors (Lipinski definition) is 2. The number of hydrogen-bond donors (Lipinski definition) is 1. The SMILES string of the molecule is CCCCCCCCCCCCCCCCOc1[c]cc(C(=O)O)cc1. The van der Waals surface area contributed by atoms with E-state index >= 15 is 0 Å². The molecule has 0 aliphatic carbocycles. The molecule has 3 heteroatoms. The van der Waals surface area contributed by atoms with Crippen LogP contribution in [0, 0.1) is 6.07 Å². The third kappa shape index (κ3) is 11.9. The minimum atomic E-state index is -0.931. The highest BCUT2D eigenvalue weighted by molar-refractivity contribution is 5.87. The Hall–Kier alpha value is -1.51. The maximum Gasteiger partial charge on any atom is 0.335 e. The molecule has 0 fully saturated rings. The highest BCUT2D eigenvalue weighted by Gasteiger charge is 2.02. The summed E-state index contributed by atoms with van der Waals surface area (Å²) >= 11 is 0. The molecule has 1 radical (unpaired) electrons. The Kier molecular flexibility index (Phi) is 13.6. The second-order valence-electron chi connectivity index (χ2n) is 7.19. The van der Waals surface area contributed by atoms with Gasteiger partial charge < -0.3 is 9.84 Å². The topological polar surface area (TPSA) is 46.5 Å². The summed E-state index contributed by atoms with van der Waals surface area (Å²) in [6.07, 6.45) is 18.9. The van der Waals surface area contributed by atoms with Crippen LogP contribution in [0.1, 0.15) is 107 Å². The Morgan fingerprint density at radius 2 is 1.35 bits per heavy atom. The smallest absolute Gasteiger partial charge is 0.335 e. The van der Waals surface area contributed by atoms with Crippen molar-refractivity contribution in [3.8, 4) is 5.75 Å². The van der Waals surface area contributed by atoms with Crippen molar-refractivity contribution < 1.29 is 14.6 Å². The molecule has 1 aromatic rings. The molecule has 1 N–H and O–H groups in total. The first kappa shape index (κ1) is 22.5. The van der Waals surface area contributed by atoms with E-state index in [-0.39, 0.29) is 5.56 Å². The molecule has 0 saturated heterocycles. The number of rotatable bonds is 17. The van der Waals surface area contributed by atoms with Gasteiger partial charge in [0, 0.05) is 6.07 Å². The van der Waals surface area contributed by atoms with Gasteiger partial charge in [0.1, 0.15) is 5.75 Å². The maximum atomic E-state index is 10.8. The summed E-state index contributed by atoms with van der Waals surface area (Å²) in [6.45, 7) is 2.95. The molecule has 0 aliphatic heterocycles. The second-order valence-corrected chi connectivity index (χ2v) is 7.19. The van der Waals surface area contributed by atoms with Gasteiger partial charge in [-0.05, 0) is 24.6 Å². The predicted octanol–water partition coefficient (Wildman–Crippen LogP) is 7.05. The summed E-state index contributed by atoms with van der Waals surface area (Å²) in [4.78, 5) is 10.8. The van der Waals surface area contributed by atoms with Gasteiger partial charge in [-0.15, -0.1) is 0 Å². The standard InChI is InChI=1S/C23H37O3/c1-2-3-4-5-6-7-8-9-10-11-12-13-14-15-20-26-22-18-16-21(17-19-22)23(24)25/h16-18H,2-15,20H2,1H3,(H,24,25). The Labute approximate surface area is 160 Å². The highest BCUT2D eigenvalue weighted by atomic mass is 16.5. The number of carbonyl (C=O) groups is 1. The van der Waals surface area contributed by atoms with Gasteiger partial charge in [0.2, 0.25) is 0 Å². The molecule has 147 valence electrons. The van der Waals surface area contributed by atoms with Crippen molar-refractivity contribution in [1.29, 1.82) is 0 Å². The molecule has 3 nitrogen and oxygen atoms in total. The lowest BCUT2D eigenvalue weighted by molar-refractivity contribution is 0.0697. The third-order valence-corrected chi connectivity index (χ3v) is 4.79. The van der Waals surface area contributed by atoms with Crippen LogP contribution in [0.4, 0.5) is 0 Å². The molecular formula is C23H37O3. The largest absolute Gasteiger partial charge is 0.493 e. The molecular weight excluding hydrogens is 324 g/mol. The monoisotopic (exact) mass is 361 g/mol. The van der Waals surface area contributed by atoms with E-state index in [1.54, 1.807) is 12.1 Å². The van der Waals surface area contributed by atoms with Crippen LogP contribution in [0.15, 0.2) is 18.2 Å². The molecule has 0 spiro atoms. The Balaban J connectivity index is 1.83. The van der Waals surface area contributed by atoms with Crippen LogP contribution < -0.4 is 4.74 Å². The molecule has 26 heavy (non-hydrogen) atoms. The Morgan fingerprint density at radius 1 is 0.846 bits per heavy atom. The number of carboxylic acids is 1. The fourth-order valence-corrected chi connectivity index (χ4v) is 3.11.